The van der Waals surface area contributed by atoms with Gasteiger partial charge in [0.1, 0.15) is 5.75 Å². The van der Waals surface area contributed by atoms with Crippen LogP contribution >= 0.6 is 0 Å². The van der Waals surface area contributed by atoms with E-state index < -0.39 is 0 Å². The summed E-state index contributed by atoms with van der Waals surface area (Å²) in [5.41, 5.74) is 5.95. The highest BCUT2D eigenvalue weighted by Crippen LogP contribution is 2.49. The number of hydrogen-bond acceptors (Lipinski definition) is 2. The highest BCUT2D eigenvalue weighted by atomic mass is 16.5. The van der Waals surface area contributed by atoms with Crippen LogP contribution in [-0.4, -0.2) is 37.1 Å². The summed E-state index contributed by atoms with van der Waals surface area (Å²) in [5, 5.41) is 1.34. The second-order valence-electron chi connectivity index (χ2n) is 8.11. The number of fused-ring (bicyclic) bond motifs is 4. The van der Waals surface area contributed by atoms with Crippen LogP contribution in [0.5, 0.6) is 5.75 Å². The summed E-state index contributed by atoms with van der Waals surface area (Å²) < 4.78 is 5.47. The molecule has 26 heavy (non-hydrogen) atoms. The minimum atomic E-state index is 0.256. The molecule has 2 atom stereocenters. The summed E-state index contributed by atoms with van der Waals surface area (Å²) in [6.07, 6.45) is 3.49. The van der Waals surface area contributed by atoms with Crippen LogP contribution in [0.15, 0.2) is 48.5 Å². The van der Waals surface area contributed by atoms with E-state index in [-0.39, 0.29) is 5.41 Å². The Morgan fingerprint density at radius 3 is 2.81 bits per heavy atom. The van der Waals surface area contributed by atoms with Crippen molar-refractivity contribution in [3.8, 4) is 5.75 Å². The largest absolute Gasteiger partial charge is 0.497 e. The molecule has 134 valence electrons. The van der Waals surface area contributed by atoms with Crippen molar-refractivity contribution in [3.05, 3.63) is 65.4 Å². The standard InChI is InChI=1S/C23H26N2O/c1-25-11-10-23(16-6-4-3-5-7-16)14-22-19(12-17(23)15-25)20-13-18(26-2)8-9-21(20)24-22/h3-9,13,17,24H,10-12,14-15H2,1-2H3. The first-order valence-corrected chi connectivity index (χ1v) is 9.61. The highest BCUT2D eigenvalue weighted by Gasteiger charge is 2.47. The smallest absolute Gasteiger partial charge is 0.119 e. The van der Waals surface area contributed by atoms with E-state index in [0.717, 1.165) is 18.6 Å². The third-order valence-electron chi connectivity index (χ3n) is 6.75. The van der Waals surface area contributed by atoms with Gasteiger partial charge in [-0.25, -0.2) is 0 Å². The van der Waals surface area contributed by atoms with E-state index in [9.17, 15) is 0 Å². The number of nitrogens with zero attached hydrogens (tertiary/aromatic N) is 1. The van der Waals surface area contributed by atoms with Gasteiger partial charge in [-0.15, -0.1) is 0 Å². The Balaban J connectivity index is 1.66. The number of nitrogens with one attached hydrogen (secondary N) is 1. The van der Waals surface area contributed by atoms with Gasteiger partial charge in [0.05, 0.1) is 7.11 Å². The molecule has 1 fully saturated rings. The van der Waals surface area contributed by atoms with E-state index in [4.69, 9.17) is 4.74 Å². The summed E-state index contributed by atoms with van der Waals surface area (Å²) in [4.78, 5) is 6.24. The highest BCUT2D eigenvalue weighted by molar-refractivity contribution is 5.86. The molecule has 3 heteroatoms. The van der Waals surface area contributed by atoms with Crippen molar-refractivity contribution in [2.45, 2.75) is 24.7 Å². The van der Waals surface area contributed by atoms with Gasteiger partial charge in [0.2, 0.25) is 0 Å². The first-order chi connectivity index (χ1) is 12.7. The number of H-pyrrole nitrogens is 1. The number of piperidine rings is 1. The van der Waals surface area contributed by atoms with Gasteiger partial charge in [0.15, 0.2) is 0 Å². The quantitative estimate of drug-likeness (QED) is 0.754. The molecule has 2 unspecified atom stereocenters. The van der Waals surface area contributed by atoms with Crippen LogP contribution in [-0.2, 0) is 18.3 Å². The number of aromatic nitrogens is 1. The fourth-order valence-corrected chi connectivity index (χ4v) is 5.34. The van der Waals surface area contributed by atoms with Crippen molar-refractivity contribution in [1.82, 2.24) is 9.88 Å². The third-order valence-corrected chi connectivity index (χ3v) is 6.75. The minimum absolute atomic E-state index is 0.256. The maximum atomic E-state index is 5.47. The van der Waals surface area contributed by atoms with Crippen LogP contribution in [0.1, 0.15) is 23.2 Å². The molecular weight excluding hydrogens is 320 g/mol. The first-order valence-electron chi connectivity index (χ1n) is 9.61. The SMILES string of the molecule is COc1ccc2[nH]c3c(c2c1)CC1CN(C)CCC1(c1ccccc1)C3. The molecule has 1 N–H and O–H groups in total. The van der Waals surface area contributed by atoms with Crippen LogP contribution < -0.4 is 4.74 Å². The molecule has 1 aromatic heterocycles. The van der Waals surface area contributed by atoms with Gasteiger partial charge in [-0.3, -0.25) is 0 Å². The fraction of sp³-hybridized carbons (Fsp3) is 0.391. The van der Waals surface area contributed by atoms with Crippen LogP contribution in [0.4, 0.5) is 0 Å². The number of likely N-dealkylation sites (tertiary alicyclic amines) is 1. The predicted molar refractivity (Wildman–Crippen MR) is 106 cm³/mol. The number of ether oxygens (including phenoxy) is 1. The van der Waals surface area contributed by atoms with Gasteiger partial charge >= 0.3 is 0 Å². The molecule has 0 bridgehead atoms. The Hall–Kier alpha value is -2.26. The van der Waals surface area contributed by atoms with E-state index in [0.29, 0.717) is 5.92 Å². The van der Waals surface area contributed by atoms with Crippen molar-refractivity contribution in [2.75, 3.05) is 27.2 Å². The molecule has 3 nitrogen and oxygen atoms in total. The van der Waals surface area contributed by atoms with Gasteiger partial charge in [0, 0.05) is 28.6 Å². The predicted octanol–water partition coefficient (Wildman–Crippen LogP) is 4.16. The molecule has 1 aliphatic carbocycles. The molecule has 1 aliphatic heterocycles. The van der Waals surface area contributed by atoms with Crippen molar-refractivity contribution in [2.24, 2.45) is 5.92 Å². The topological polar surface area (TPSA) is 28.3 Å². The molecule has 1 saturated heterocycles. The first kappa shape index (κ1) is 16.0. The van der Waals surface area contributed by atoms with Crippen molar-refractivity contribution in [3.63, 3.8) is 0 Å². The van der Waals surface area contributed by atoms with Crippen LogP contribution in [0.2, 0.25) is 0 Å². The van der Waals surface area contributed by atoms with Crippen LogP contribution in [0, 0.1) is 5.92 Å². The number of rotatable bonds is 2. The fourth-order valence-electron chi connectivity index (χ4n) is 5.34. The van der Waals surface area contributed by atoms with Gasteiger partial charge < -0.3 is 14.6 Å². The summed E-state index contributed by atoms with van der Waals surface area (Å²) in [6.45, 7) is 2.35. The Labute approximate surface area is 155 Å². The van der Waals surface area contributed by atoms with Gasteiger partial charge in [-0.1, -0.05) is 30.3 Å². The molecule has 2 heterocycles. The lowest BCUT2D eigenvalue weighted by Gasteiger charge is -2.50. The molecule has 2 aliphatic rings. The Kier molecular flexibility index (Phi) is 3.61. The third kappa shape index (κ3) is 2.30. The monoisotopic (exact) mass is 346 g/mol. The lowest BCUT2D eigenvalue weighted by Crippen LogP contribution is -2.52. The molecule has 0 saturated carbocycles. The second-order valence-corrected chi connectivity index (χ2v) is 8.11. The van der Waals surface area contributed by atoms with Crippen LogP contribution in [0.3, 0.4) is 0 Å². The summed E-state index contributed by atoms with van der Waals surface area (Å²) in [7, 11) is 4.01. The number of hydrogen-bond donors (Lipinski definition) is 1. The molecule has 0 radical (unpaired) electrons. The van der Waals surface area contributed by atoms with Crippen molar-refractivity contribution >= 4 is 10.9 Å². The molecule has 5 rings (SSSR count). The van der Waals surface area contributed by atoms with Crippen molar-refractivity contribution in [1.29, 1.82) is 0 Å². The molecular formula is C23H26N2O. The lowest BCUT2D eigenvalue weighted by atomic mass is 9.59. The number of methoxy groups -OCH3 is 1. The number of benzene rings is 2. The second kappa shape index (κ2) is 5.88. The van der Waals surface area contributed by atoms with Crippen molar-refractivity contribution < 1.29 is 4.74 Å². The van der Waals surface area contributed by atoms with E-state index in [2.05, 4.69) is 65.5 Å². The van der Waals surface area contributed by atoms with Gasteiger partial charge in [-0.2, -0.15) is 0 Å². The van der Waals surface area contributed by atoms with Gasteiger partial charge in [0.25, 0.3) is 0 Å². The minimum Gasteiger partial charge on any atom is -0.497 e. The Bertz CT molecular complexity index is 946. The zero-order valence-electron chi connectivity index (χ0n) is 15.6. The van der Waals surface area contributed by atoms with E-state index in [1.165, 1.54) is 47.2 Å². The summed E-state index contributed by atoms with van der Waals surface area (Å²) in [5.74, 6) is 1.60. The average Bonchev–Trinajstić information content (AvgIpc) is 3.03. The van der Waals surface area contributed by atoms with E-state index in [1.54, 1.807) is 7.11 Å². The molecule has 3 aromatic rings. The van der Waals surface area contributed by atoms with E-state index >= 15 is 0 Å². The lowest BCUT2D eigenvalue weighted by molar-refractivity contribution is 0.0996. The molecule has 2 aromatic carbocycles. The van der Waals surface area contributed by atoms with E-state index in [1.807, 2.05) is 0 Å². The van der Waals surface area contributed by atoms with Crippen LogP contribution in [0.25, 0.3) is 10.9 Å². The Morgan fingerprint density at radius 2 is 2.00 bits per heavy atom. The number of aromatic amines is 1. The maximum Gasteiger partial charge on any atom is 0.119 e. The normalized spacial score (nSPS) is 25.7. The molecule has 0 amide bonds. The molecule has 0 spiro atoms. The zero-order valence-corrected chi connectivity index (χ0v) is 15.6. The maximum absolute atomic E-state index is 5.47. The Morgan fingerprint density at radius 1 is 1.15 bits per heavy atom. The average molecular weight is 346 g/mol. The zero-order chi connectivity index (χ0) is 17.7. The van der Waals surface area contributed by atoms with Gasteiger partial charge in [-0.05, 0) is 68.1 Å². The summed E-state index contributed by atoms with van der Waals surface area (Å²) in [6, 6.07) is 17.6. The summed E-state index contributed by atoms with van der Waals surface area (Å²) >= 11 is 0.